The molecular formula is C37H44N6O3S. The van der Waals surface area contributed by atoms with E-state index in [1.54, 1.807) is 24.6 Å². The van der Waals surface area contributed by atoms with E-state index in [4.69, 9.17) is 4.98 Å². The topological polar surface area (TPSA) is 99.6 Å². The van der Waals surface area contributed by atoms with Gasteiger partial charge >= 0.3 is 0 Å². The third-order valence-corrected chi connectivity index (χ3v) is 10.6. The monoisotopic (exact) mass is 652 g/mol. The van der Waals surface area contributed by atoms with Crippen LogP contribution in [0.4, 0.5) is 17.2 Å². The first-order valence-electron chi connectivity index (χ1n) is 16.7. The number of nitrogens with one attached hydrogen (secondary N) is 2. The van der Waals surface area contributed by atoms with E-state index in [1.807, 2.05) is 60.4 Å². The lowest BCUT2D eigenvalue weighted by atomic mass is 9.99. The second-order valence-corrected chi connectivity index (χ2v) is 14.0. The Labute approximate surface area is 280 Å². The number of thiophene rings is 1. The number of amides is 2. The molecule has 1 aliphatic heterocycles. The number of nitrogens with zero attached hydrogens (tertiary/aromatic N) is 4. The van der Waals surface area contributed by atoms with Gasteiger partial charge in [0.25, 0.3) is 11.5 Å². The summed E-state index contributed by atoms with van der Waals surface area (Å²) in [5.41, 5.74) is 5.69. The number of anilines is 3. The Morgan fingerprint density at radius 1 is 1.04 bits per heavy atom. The summed E-state index contributed by atoms with van der Waals surface area (Å²) < 4.78 is 1.52. The molecule has 0 bridgehead atoms. The van der Waals surface area contributed by atoms with Gasteiger partial charge < -0.3 is 20.1 Å². The summed E-state index contributed by atoms with van der Waals surface area (Å²) in [5, 5.41) is 6.33. The van der Waals surface area contributed by atoms with Crippen LogP contribution < -0.4 is 16.2 Å². The quantitative estimate of drug-likeness (QED) is 0.198. The predicted octanol–water partition coefficient (Wildman–Crippen LogP) is 6.70. The molecule has 2 N–H and O–H groups in total. The minimum Gasteiger partial charge on any atom is -0.341 e. The SMILES string of the molecule is CCN(C(C)C)C(C(=O)N1CCC1)c1ccc(Nc2nc(-c3cccc(NC(=O)c4cc5c(s4)CCCC5)c3C)cn(C)c2=O)cc1. The molecule has 47 heavy (non-hydrogen) atoms. The average Bonchev–Trinajstić information content (AvgIpc) is 3.47. The molecule has 0 radical (unpaired) electrons. The fraction of sp³-hybridized carbons (Fsp3) is 0.405. The molecule has 1 saturated heterocycles. The zero-order valence-electron chi connectivity index (χ0n) is 27.9. The summed E-state index contributed by atoms with van der Waals surface area (Å²) in [7, 11) is 1.71. The zero-order chi connectivity index (χ0) is 33.2. The maximum Gasteiger partial charge on any atom is 0.293 e. The van der Waals surface area contributed by atoms with Crippen molar-refractivity contribution in [1.29, 1.82) is 0 Å². The number of benzene rings is 2. The van der Waals surface area contributed by atoms with Gasteiger partial charge in [0.2, 0.25) is 5.91 Å². The lowest BCUT2D eigenvalue weighted by Crippen LogP contribution is -2.50. The molecule has 0 spiro atoms. The van der Waals surface area contributed by atoms with E-state index in [9.17, 15) is 14.4 Å². The van der Waals surface area contributed by atoms with Crippen LogP contribution in [0.2, 0.25) is 0 Å². The number of likely N-dealkylation sites (tertiary alicyclic amines) is 1. The summed E-state index contributed by atoms with van der Waals surface area (Å²) in [6.07, 6.45) is 7.22. The zero-order valence-corrected chi connectivity index (χ0v) is 28.7. The van der Waals surface area contributed by atoms with E-state index in [2.05, 4.69) is 36.3 Å². The van der Waals surface area contributed by atoms with E-state index in [0.717, 1.165) is 60.5 Å². The van der Waals surface area contributed by atoms with Crippen LogP contribution in [-0.2, 0) is 24.7 Å². The third kappa shape index (κ3) is 6.75. The Bertz CT molecular complexity index is 1820. The molecule has 6 rings (SSSR count). The highest BCUT2D eigenvalue weighted by molar-refractivity contribution is 7.14. The molecule has 9 nitrogen and oxygen atoms in total. The van der Waals surface area contributed by atoms with Gasteiger partial charge in [0.05, 0.1) is 10.6 Å². The van der Waals surface area contributed by atoms with Crippen LogP contribution in [0.5, 0.6) is 0 Å². The molecule has 2 aromatic heterocycles. The number of hydrogen-bond donors (Lipinski definition) is 2. The normalized spacial score (nSPS) is 14.9. The molecule has 3 heterocycles. The number of carbonyl (C=O) groups excluding carboxylic acids is 2. The number of likely N-dealkylation sites (N-methyl/N-ethyl adjacent to an activating group) is 1. The van der Waals surface area contributed by atoms with Crippen LogP contribution in [0.25, 0.3) is 11.3 Å². The molecule has 1 atom stereocenters. The Hall–Kier alpha value is -4.28. The van der Waals surface area contributed by atoms with Crippen molar-refractivity contribution < 1.29 is 9.59 Å². The van der Waals surface area contributed by atoms with E-state index in [0.29, 0.717) is 17.1 Å². The maximum atomic E-state index is 13.5. The van der Waals surface area contributed by atoms with E-state index in [-0.39, 0.29) is 35.3 Å². The number of hydrogen-bond acceptors (Lipinski definition) is 7. The van der Waals surface area contributed by atoms with Crippen LogP contribution in [-0.4, -0.2) is 56.8 Å². The second kappa shape index (κ2) is 13.8. The fourth-order valence-corrected chi connectivity index (χ4v) is 7.72. The van der Waals surface area contributed by atoms with Crippen molar-refractivity contribution in [1.82, 2.24) is 19.4 Å². The Morgan fingerprint density at radius 3 is 2.45 bits per heavy atom. The highest BCUT2D eigenvalue weighted by Gasteiger charge is 2.34. The Morgan fingerprint density at radius 2 is 1.79 bits per heavy atom. The summed E-state index contributed by atoms with van der Waals surface area (Å²) in [6.45, 7) is 10.6. The van der Waals surface area contributed by atoms with E-state index < -0.39 is 0 Å². The first kappa shape index (κ1) is 32.7. The molecule has 2 aromatic carbocycles. The minimum absolute atomic E-state index is 0.104. The van der Waals surface area contributed by atoms with Crippen LogP contribution in [0, 0.1) is 6.92 Å². The predicted molar refractivity (Wildman–Crippen MR) is 190 cm³/mol. The second-order valence-electron chi connectivity index (χ2n) is 12.8. The number of fused-ring (bicyclic) bond motifs is 1. The third-order valence-electron chi connectivity index (χ3n) is 9.40. The van der Waals surface area contributed by atoms with Gasteiger partial charge in [-0.25, -0.2) is 4.98 Å². The highest BCUT2D eigenvalue weighted by atomic mass is 32.1. The molecule has 0 saturated carbocycles. The lowest BCUT2D eigenvalue weighted by Gasteiger charge is -2.40. The van der Waals surface area contributed by atoms with Crippen molar-refractivity contribution in [3.63, 3.8) is 0 Å². The number of rotatable bonds is 10. The fourth-order valence-electron chi connectivity index (χ4n) is 6.57. The number of aromatic nitrogens is 2. The highest BCUT2D eigenvalue weighted by Crippen LogP contribution is 2.33. The molecule has 2 amide bonds. The molecule has 1 fully saturated rings. The molecule has 1 aliphatic carbocycles. The molecule has 10 heteroatoms. The Kier molecular flexibility index (Phi) is 9.61. The van der Waals surface area contributed by atoms with Crippen molar-refractivity contribution >= 4 is 40.3 Å². The molecule has 2 aliphatic rings. The molecule has 1 unspecified atom stereocenters. The van der Waals surface area contributed by atoms with Crippen LogP contribution in [0.1, 0.15) is 77.3 Å². The van der Waals surface area contributed by atoms with Gasteiger partial charge in [-0.3, -0.25) is 19.3 Å². The number of aryl methyl sites for hydroxylation is 3. The summed E-state index contributed by atoms with van der Waals surface area (Å²) in [6, 6.07) is 15.4. The van der Waals surface area contributed by atoms with Crippen molar-refractivity contribution in [3.8, 4) is 11.3 Å². The van der Waals surface area contributed by atoms with Crippen molar-refractivity contribution in [2.24, 2.45) is 7.05 Å². The van der Waals surface area contributed by atoms with Crippen LogP contribution >= 0.6 is 11.3 Å². The van der Waals surface area contributed by atoms with E-state index >= 15 is 0 Å². The van der Waals surface area contributed by atoms with Crippen LogP contribution in [0.15, 0.2) is 59.5 Å². The van der Waals surface area contributed by atoms with Crippen LogP contribution in [0.3, 0.4) is 0 Å². The van der Waals surface area contributed by atoms with Crippen molar-refractivity contribution in [2.75, 3.05) is 30.3 Å². The smallest absolute Gasteiger partial charge is 0.293 e. The van der Waals surface area contributed by atoms with Gasteiger partial charge in [-0.05, 0) is 100 Å². The van der Waals surface area contributed by atoms with Gasteiger partial charge in [-0.15, -0.1) is 11.3 Å². The largest absolute Gasteiger partial charge is 0.341 e. The maximum absolute atomic E-state index is 13.5. The number of carbonyl (C=O) groups is 2. The summed E-state index contributed by atoms with van der Waals surface area (Å²) >= 11 is 1.60. The van der Waals surface area contributed by atoms with Gasteiger partial charge in [0, 0.05) is 54.2 Å². The van der Waals surface area contributed by atoms with Crippen molar-refractivity contribution in [3.05, 3.63) is 91.5 Å². The van der Waals surface area contributed by atoms with Crippen molar-refractivity contribution in [2.45, 2.75) is 71.9 Å². The van der Waals surface area contributed by atoms with Gasteiger partial charge in [-0.2, -0.15) is 0 Å². The summed E-state index contributed by atoms with van der Waals surface area (Å²) in [5.74, 6) is 0.230. The molecule has 246 valence electrons. The van der Waals surface area contributed by atoms with Gasteiger partial charge in [0.15, 0.2) is 5.82 Å². The Balaban J connectivity index is 1.24. The average molecular weight is 653 g/mol. The lowest BCUT2D eigenvalue weighted by molar-refractivity contribution is -0.141. The van der Waals surface area contributed by atoms with E-state index in [1.165, 1.54) is 27.8 Å². The first-order valence-corrected chi connectivity index (χ1v) is 17.5. The standard InChI is InChI=1S/C37H44N6O3S/c1-6-43(23(2)3)33(36(45)42-19-10-20-42)25-15-17-27(18-16-25)38-34-37(46)41(5)22-30(39-34)28-12-9-13-29(24(28)4)40-35(44)32-21-26-11-7-8-14-31(26)47-32/h9,12-13,15-18,21-23,33H,6-8,10-11,14,19-20H2,1-5H3,(H,38,39)(H,40,44). The molecular weight excluding hydrogens is 609 g/mol. The molecule has 4 aromatic rings. The summed E-state index contributed by atoms with van der Waals surface area (Å²) in [4.78, 5) is 50.9. The minimum atomic E-state index is -0.357. The van der Waals surface area contributed by atoms with Gasteiger partial charge in [-0.1, -0.05) is 31.2 Å². The first-order chi connectivity index (χ1) is 22.6. The van der Waals surface area contributed by atoms with Gasteiger partial charge in [0.1, 0.15) is 6.04 Å².